The number of piperazine rings is 2. The van der Waals surface area contributed by atoms with Crippen LogP contribution in [0.1, 0.15) is 50.7 Å². The average Bonchev–Trinajstić information content (AvgIpc) is 3.99. The summed E-state index contributed by atoms with van der Waals surface area (Å²) < 4.78 is 50.1. The number of carboxylic acid groups (broad SMARTS) is 1. The number of amides is 5. The first kappa shape index (κ1) is 59.5. The lowest BCUT2D eigenvalue weighted by molar-refractivity contribution is -0.137. The van der Waals surface area contributed by atoms with Crippen LogP contribution in [0.3, 0.4) is 0 Å². The Kier molecular flexibility index (Phi) is 23.2. The van der Waals surface area contributed by atoms with E-state index in [-0.39, 0.29) is 68.5 Å². The summed E-state index contributed by atoms with van der Waals surface area (Å²) in [5, 5.41) is 16.9. The molecule has 0 saturated carbocycles. The van der Waals surface area contributed by atoms with Crippen LogP contribution in [0, 0.1) is 11.6 Å². The SMILES string of the molecule is CC(=O)NC[C@H]1CN(c2ccc(N3CCNCC3)c(F)c2)C(=O)O1.COc1ccc(CCCC(=O)N2CCN(c3ccc(N4C[C@H](CNC(C)=O)OC4=O)cc3F)CC2)cc1.COc1ccc(CCCC(=O)O)cc1.Cl. The number of carboxylic acids is 1. The van der Waals surface area contributed by atoms with Crippen LogP contribution in [0.4, 0.5) is 41.1 Å². The van der Waals surface area contributed by atoms with Crippen LogP contribution >= 0.6 is 12.4 Å². The minimum Gasteiger partial charge on any atom is -0.497 e. The van der Waals surface area contributed by atoms with Crippen molar-refractivity contribution in [3.8, 4) is 11.5 Å². The molecule has 2 atom stereocenters. The third-order valence-electron chi connectivity index (χ3n) is 12.9. The van der Waals surface area contributed by atoms with E-state index in [1.54, 1.807) is 38.5 Å². The number of nitrogens with one attached hydrogen (secondary N) is 3. The normalized spacial score (nSPS) is 16.9. The van der Waals surface area contributed by atoms with Crippen LogP contribution in [0.5, 0.6) is 11.5 Å². The first-order valence-electron chi connectivity index (χ1n) is 25.1. The summed E-state index contributed by atoms with van der Waals surface area (Å²) in [6.07, 6.45) is 1.77. The van der Waals surface area contributed by atoms with E-state index in [0.29, 0.717) is 61.8 Å². The number of hydrogen-bond donors (Lipinski definition) is 4. The molecular formula is C54H69ClF2N8O11. The number of carbonyl (C=O) groups is 6. The molecule has 4 aromatic carbocycles. The van der Waals surface area contributed by atoms with Gasteiger partial charge in [0, 0.05) is 79.0 Å². The molecule has 4 aromatic rings. The fourth-order valence-electron chi connectivity index (χ4n) is 8.77. The second-order valence-electron chi connectivity index (χ2n) is 18.3. The lowest BCUT2D eigenvalue weighted by Crippen LogP contribution is -2.49. The highest BCUT2D eigenvalue weighted by molar-refractivity contribution is 5.91. The largest absolute Gasteiger partial charge is 0.497 e. The number of methoxy groups -OCH3 is 2. The molecule has 4 heterocycles. The number of cyclic esters (lactones) is 2. The number of ether oxygens (including phenoxy) is 4. The fourth-order valence-corrected chi connectivity index (χ4v) is 8.77. The van der Waals surface area contributed by atoms with E-state index in [9.17, 15) is 33.2 Å². The summed E-state index contributed by atoms with van der Waals surface area (Å²) in [6.45, 7) is 9.05. The van der Waals surface area contributed by atoms with Crippen LogP contribution in [0.15, 0.2) is 84.9 Å². The smallest absolute Gasteiger partial charge is 0.414 e. The highest BCUT2D eigenvalue weighted by Gasteiger charge is 2.34. The van der Waals surface area contributed by atoms with E-state index in [1.165, 1.54) is 41.3 Å². The predicted octanol–water partition coefficient (Wildman–Crippen LogP) is 6.19. The molecule has 0 bridgehead atoms. The Morgan fingerprint density at radius 1 is 0.632 bits per heavy atom. The number of aryl methyl sites for hydroxylation is 2. The molecule has 0 aliphatic carbocycles. The third-order valence-corrected chi connectivity index (χ3v) is 12.9. The van der Waals surface area contributed by atoms with Gasteiger partial charge < -0.3 is 54.7 Å². The molecule has 76 heavy (non-hydrogen) atoms. The van der Waals surface area contributed by atoms with Gasteiger partial charge in [-0.25, -0.2) is 18.4 Å². The Morgan fingerprint density at radius 2 is 1.05 bits per heavy atom. The van der Waals surface area contributed by atoms with Gasteiger partial charge in [-0.2, -0.15) is 0 Å². The molecule has 412 valence electrons. The molecule has 0 radical (unpaired) electrons. The Morgan fingerprint density at radius 3 is 1.45 bits per heavy atom. The number of nitrogens with zero attached hydrogens (tertiary/aromatic N) is 5. The number of benzene rings is 4. The maximum absolute atomic E-state index is 15.0. The van der Waals surface area contributed by atoms with Crippen LogP contribution < -0.4 is 45.0 Å². The van der Waals surface area contributed by atoms with Gasteiger partial charge in [0.25, 0.3) is 0 Å². The van der Waals surface area contributed by atoms with Crippen LogP contribution in [0.2, 0.25) is 0 Å². The topological polar surface area (TPSA) is 212 Å². The van der Waals surface area contributed by atoms with Gasteiger partial charge >= 0.3 is 18.2 Å². The highest BCUT2D eigenvalue weighted by Crippen LogP contribution is 2.30. The maximum Gasteiger partial charge on any atom is 0.414 e. The van der Waals surface area contributed by atoms with E-state index < -0.39 is 36.2 Å². The fraction of sp³-hybridized carbons (Fsp3) is 0.444. The van der Waals surface area contributed by atoms with Gasteiger partial charge in [-0.15, -0.1) is 12.4 Å². The lowest BCUT2D eigenvalue weighted by Gasteiger charge is -2.36. The summed E-state index contributed by atoms with van der Waals surface area (Å²) >= 11 is 0. The number of aliphatic carboxylic acids is 1. The van der Waals surface area contributed by atoms with Gasteiger partial charge in [-0.05, 0) is 97.5 Å². The molecule has 0 spiro atoms. The van der Waals surface area contributed by atoms with Crippen molar-refractivity contribution in [3.63, 3.8) is 0 Å². The quantitative estimate of drug-likeness (QED) is 0.0876. The van der Waals surface area contributed by atoms with Crippen molar-refractivity contribution in [2.24, 2.45) is 0 Å². The van der Waals surface area contributed by atoms with Gasteiger partial charge in [0.15, 0.2) is 0 Å². The van der Waals surface area contributed by atoms with Crippen molar-refractivity contribution in [3.05, 3.63) is 108 Å². The van der Waals surface area contributed by atoms with Crippen molar-refractivity contribution in [1.82, 2.24) is 20.9 Å². The zero-order valence-corrected chi connectivity index (χ0v) is 44.2. The minimum atomic E-state index is -0.737. The minimum absolute atomic E-state index is 0. The number of rotatable bonds is 18. The highest BCUT2D eigenvalue weighted by atomic mass is 35.5. The molecule has 0 unspecified atom stereocenters. The molecule has 19 nitrogen and oxygen atoms in total. The number of halogens is 3. The number of carbonyl (C=O) groups excluding carboxylic acids is 5. The van der Waals surface area contributed by atoms with Crippen molar-refractivity contribution in [1.29, 1.82) is 0 Å². The van der Waals surface area contributed by atoms with E-state index in [2.05, 4.69) is 16.0 Å². The van der Waals surface area contributed by atoms with Crippen molar-refractivity contribution >= 4 is 71.0 Å². The average molecular weight is 1080 g/mol. The molecule has 4 fully saturated rings. The summed E-state index contributed by atoms with van der Waals surface area (Å²) in [7, 11) is 3.26. The molecule has 22 heteroatoms. The van der Waals surface area contributed by atoms with Crippen LogP contribution in [0.25, 0.3) is 0 Å². The monoisotopic (exact) mass is 1080 g/mol. The molecule has 0 aromatic heterocycles. The second kappa shape index (κ2) is 29.6. The van der Waals surface area contributed by atoms with Gasteiger partial charge in [-0.3, -0.25) is 29.0 Å². The maximum atomic E-state index is 15.0. The number of anilines is 4. The van der Waals surface area contributed by atoms with E-state index >= 15 is 4.39 Å². The molecular weight excluding hydrogens is 1010 g/mol. The first-order chi connectivity index (χ1) is 36.1. The van der Waals surface area contributed by atoms with E-state index in [4.69, 9.17) is 24.1 Å². The molecule has 5 amide bonds. The van der Waals surface area contributed by atoms with E-state index in [0.717, 1.165) is 62.5 Å². The molecule has 4 saturated heterocycles. The van der Waals surface area contributed by atoms with Crippen LogP contribution in [-0.2, 0) is 41.5 Å². The Labute approximate surface area is 448 Å². The van der Waals surface area contributed by atoms with Gasteiger partial charge in [-0.1, -0.05) is 24.3 Å². The van der Waals surface area contributed by atoms with Gasteiger partial charge in [0.2, 0.25) is 17.7 Å². The molecule has 4 aliphatic rings. The van der Waals surface area contributed by atoms with Gasteiger partial charge in [0.1, 0.15) is 35.3 Å². The van der Waals surface area contributed by atoms with Crippen molar-refractivity contribution in [2.45, 2.75) is 64.6 Å². The summed E-state index contributed by atoms with van der Waals surface area (Å²) in [4.78, 5) is 77.7. The molecule has 4 N–H and O–H groups in total. The van der Waals surface area contributed by atoms with Crippen molar-refractivity contribution in [2.75, 3.05) is 112 Å². The van der Waals surface area contributed by atoms with Crippen LogP contribution in [-0.4, -0.2) is 151 Å². The Bertz CT molecular complexity index is 2570. The second-order valence-corrected chi connectivity index (χ2v) is 18.3. The summed E-state index contributed by atoms with van der Waals surface area (Å²) in [5.74, 6) is -0.163. The predicted molar refractivity (Wildman–Crippen MR) is 286 cm³/mol. The van der Waals surface area contributed by atoms with Gasteiger partial charge in [0.05, 0.1) is 63.1 Å². The Balaban J connectivity index is 0.000000234. The standard InChI is InChI=1S/C27H33FN4O5.C16H21FN4O3.C11H14O3.ClH/c1-19(33)29-17-23-18-32(27(35)37-23)21-8-11-25(24(28)16-21)30-12-14-31(15-13-30)26(34)5-3-4-20-6-9-22(36-2)10-7-20;1-11(22)19-9-13-10-21(16(23)24-13)12-2-3-15(14(17)8-12)20-6-4-18-5-7-20;1-14-10-7-5-9(6-8-10)3-2-4-11(12)13;/h6-11,16,23H,3-5,12-15,17-18H2,1-2H3,(H,29,33);2-3,8,13,18H,4-7,9-10H2,1H3,(H,19,22);5-8H,2-4H2,1H3,(H,12,13);1H/t23-;13-;;/m00../s1. The first-order valence-corrected chi connectivity index (χ1v) is 25.1. The van der Waals surface area contributed by atoms with E-state index in [1.807, 2.05) is 63.2 Å². The summed E-state index contributed by atoms with van der Waals surface area (Å²) in [6, 6.07) is 25.0. The summed E-state index contributed by atoms with van der Waals surface area (Å²) in [5.41, 5.74) is 4.17. The molecule has 4 aliphatic heterocycles. The Hall–Kier alpha value is -7.39. The zero-order valence-electron chi connectivity index (χ0n) is 43.4. The molecule has 8 rings (SSSR count). The third kappa shape index (κ3) is 17.9. The van der Waals surface area contributed by atoms with Crippen molar-refractivity contribution < 1.29 is 61.6 Å². The lowest BCUT2D eigenvalue weighted by atomic mass is 10.1. The zero-order chi connectivity index (χ0) is 53.9. The number of hydrogen-bond acceptors (Lipinski definition) is 13.